The monoisotopic (exact) mass is 199 g/mol. The Balaban J connectivity index is 2.95. The van der Waals surface area contributed by atoms with Gasteiger partial charge in [0.2, 0.25) is 0 Å². The summed E-state index contributed by atoms with van der Waals surface area (Å²) >= 11 is 0. The summed E-state index contributed by atoms with van der Waals surface area (Å²) in [5.74, 6) is -0.741. The van der Waals surface area contributed by atoms with Gasteiger partial charge in [-0.3, -0.25) is 0 Å². The van der Waals surface area contributed by atoms with Crippen LogP contribution in [0.4, 0.5) is 4.39 Å². The van der Waals surface area contributed by atoms with Crippen LogP contribution in [0.1, 0.15) is 24.9 Å². The van der Waals surface area contributed by atoms with Crippen LogP contribution in [0.25, 0.3) is 0 Å². The highest BCUT2D eigenvalue weighted by molar-refractivity contribution is 5.30. The normalized spacial score (nSPS) is 15.1. The standard InChI is InChI=1S/C10H14FNO2/c1-2-9(14)10(12)7-4-3-6(13)5-8(7)11/h3-5,9-10,13-14H,2,12H2,1H3/t9-,10+/m0/s1. The number of phenols is 1. The van der Waals surface area contributed by atoms with E-state index < -0.39 is 18.0 Å². The lowest BCUT2D eigenvalue weighted by molar-refractivity contribution is 0.139. The molecule has 0 saturated carbocycles. The van der Waals surface area contributed by atoms with Gasteiger partial charge in [0.25, 0.3) is 0 Å². The summed E-state index contributed by atoms with van der Waals surface area (Å²) in [7, 11) is 0. The van der Waals surface area contributed by atoms with Crippen LogP contribution >= 0.6 is 0 Å². The van der Waals surface area contributed by atoms with E-state index in [4.69, 9.17) is 10.8 Å². The molecule has 4 heteroatoms. The molecule has 0 amide bonds. The minimum atomic E-state index is -0.769. The summed E-state index contributed by atoms with van der Waals surface area (Å²) in [4.78, 5) is 0. The largest absolute Gasteiger partial charge is 0.508 e. The van der Waals surface area contributed by atoms with Crippen LogP contribution in [0.15, 0.2) is 18.2 Å². The van der Waals surface area contributed by atoms with Crippen molar-refractivity contribution in [1.29, 1.82) is 0 Å². The molecule has 0 saturated heterocycles. The fraction of sp³-hybridized carbons (Fsp3) is 0.400. The maximum Gasteiger partial charge on any atom is 0.131 e. The van der Waals surface area contributed by atoms with Crippen molar-refractivity contribution in [2.24, 2.45) is 5.73 Å². The van der Waals surface area contributed by atoms with Gasteiger partial charge in [0.15, 0.2) is 0 Å². The Bertz CT molecular complexity index is 317. The Morgan fingerprint density at radius 2 is 2.14 bits per heavy atom. The molecule has 0 heterocycles. The smallest absolute Gasteiger partial charge is 0.131 e. The maximum atomic E-state index is 13.2. The fourth-order valence-electron chi connectivity index (χ4n) is 1.25. The number of aliphatic hydroxyl groups excluding tert-OH is 1. The number of aromatic hydroxyl groups is 1. The van der Waals surface area contributed by atoms with E-state index in [1.165, 1.54) is 12.1 Å². The molecule has 0 radical (unpaired) electrons. The third kappa shape index (κ3) is 2.21. The molecule has 1 aromatic rings. The lowest BCUT2D eigenvalue weighted by atomic mass is 10.00. The molecule has 0 aliphatic carbocycles. The topological polar surface area (TPSA) is 66.5 Å². The quantitative estimate of drug-likeness (QED) is 0.687. The van der Waals surface area contributed by atoms with Gasteiger partial charge in [-0.1, -0.05) is 13.0 Å². The molecule has 0 bridgehead atoms. The minimum Gasteiger partial charge on any atom is -0.508 e. The highest BCUT2D eigenvalue weighted by Crippen LogP contribution is 2.22. The van der Waals surface area contributed by atoms with Gasteiger partial charge in [-0.05, 0) is 12.5 Å². The van der Waals surface area contributed by atoms with E-state index in [1.54, 1.807) is 6.92 Å². The lowest BCUT2D eigenvalue weighted by Gasteiger charge is -2.18. The zero-order valence-corrected chi connectivity index (χ0v) is 7.94. The summed E-state index contributed by atoms with van der Waals surface area (Å²) < 4.78 is 13.2. The molecule has 0 aliphatic rings. The highest BCUT2D eigenvalue weighted by Gasteiger charge is 2.18. The molecule has 1 aromatic carbocycles. The number of hydrogen-bond acceptors (Lipinski definition) is 3. The second kappa shape index (κ2) is 4.39. The van der Waals surface area contributed by atoms with E-state index in [0.717, 1.165) is 6.07 Å². The molecule has 0 fully saturated rings. The number of phenolic OH excluding ortho intramolecular Hbond substituents is 1. The van der Waals surface area contributed by atoms with Gasteiger partial charge >= 0.3 is 0 Å². The average Bonchev–Trinajstić information content (AvgIpc) is 2.15. The molecule has 1 rings (SSSR count). The van der Waals surface area contributed by atoms with Crippen LogP contribution in [0.2, 0.25) is 0 Å². The zero-order valence-electron chi connectivity index (χ0n) is 7.94. The first kappa shape index (κ1) is 10.9. The minimum absolute atomic E-state index is 0.149. The number of hydrogen-bond donors (Lipinski definition) is 3. The lowest BCUT2D eigenvalue weighted by Crippen LogP contribution is -2.26. The fourth-order valence-corrected chi connectivity index (χ4v) is 1.25. The predicted molar refractivity (Wildman–Crippen MR) is 51.3 cm³/mol. The predicted octanol–water partition coefficient (Wildman–Crippen LogP) is 1.30. The third-order valence-electron chi connectivity index (χ3n) is 2.18. The molecule has 0 spiro atoms. The summed E-state index contributed by atoms with van der Waals surface area (Å²) in [5, 5.41) is 18.4. The Labute approximate surface area is 82.0 Å². The molecule has 0 aliphatic heterocycles. The first-order chi connectivity index (χ1) is 6.56. The molecular weight excluding hydrogens is 185 g/mol. The van der Waals surface area contributed by atoms with Crippen molar-refractivity contribution in [1.82, 2.24) is 0 Å². The van der Waals surface area contributed by atoms with Crippen molar-refractivity contribution in [3.05, 3.63) is 29.6 Å². The van der Waals surface area contributed by atoms with E-state index in [9.17, 15) is 9.50 Å². The zero-order chi connectivity index (χ0) is 10.7. The van der Waals surface area contributed by atoms with Gasteiger partial charge in [-0.25, -0.2) is 4.39 Å². The Morgan fingerprint density at radius 3 is 2.64 bits per heavy atom. The first-order valence-corrected chi connectivity index (χ1v) is 4.48. The molecule has 0 unspecified atom stereocenters. The van der Waals surface area contributed by atoms with Gasteiger partial charge in [0.1, 0.15) is 11.6 Å². The van der Waals surface area contributed by atoms with E-state index in [2.05, 4.69) is 0 Å². The number of rotatable bonds is 3. The van der Waals surface area contributed by atoms with Crippen LogP contribution in [0.5, 0.6) is 5.75 Å². The van der Waals surface area contributed by atoms with E-state index in [1.807, 2.05) is 0 Å². The first-order valence-electron chi connectivity index (χ1n) is 4.48. The van der Waals surface area contributed by atoms with Crippen molar-refractivity contribution in [2.45, 2.75) is 25.5 Å². The van der Waals surface area contributed by atoms with Crippen molar-refractivity contribution in [3.63, 3.8) is 0 Å². The molecule has 78 valence electrons. The number of benzene rings is 1. The average molecular weight is 199 g/mol. The highest BCUT2D eigenvalue weighted by atomic mass is 19.1. The summed E-state index contributed by atoms with van der Waals surface area (Å²) in [6, 6.07) is 2.97. The summed E-state index contributed by atoms with van der Waals surface area (Å²) in [5.41, 5.74) is 5.85. The van der Waals surface area contributed by atoms with Gasteiger partial charge < -0.3 is 15.9 Å². The summed E-state index contributed by atoms with van der Waals surface area (Å²) in [6.45, 7) is 1.77. The van der Waals surface area contributed by atoms with Crippen LogP contribution in [-0.2, 0) is 0 Å². The number of aliphatic hydroxyl groups is 1. The Morgan fingerprint density at radius 1 is 1.50 bits per heavy atom. The van der Waals surface area contributed by atoms with Crippen LogP contribution < -0.4 is 5.73 Å². The SMILES string of the molecule is CC[C@H](O)[C@H](N)c1ccc(O)cc1F. The molecule has 0 aromatic heterocycles. The second-order valence-electron chi connectivity index (χ2n) is 3.21. The van der Waals surface area contributed by atoms with Crippen LogP contribution in [0, 0.1) is 5.82 Å². The number of halogens is 1. The van der Waals surface area contributed by atoms with Crippen LogP contribution in [0.3, 0.4) is 0 Å². The molecule has 14 heavy (non-hydrogen) atoms. The Hall–Kier alpha value is -1.13. The van der Waals surface area contributed by atoms with Gasteiger partial charge in [-0.15, -0.1) is 0 Å². The van der Waals surface area contributed by atoms with Gasteiger partial charge in [0, 0.05) is 11.6 Å². The molecule has 3 nitrogen and oxygen atoms in total. The van der Waals surface area contributed by atoms with E-state index in [0.29, 0.717) is 6.42 Å². The van der Waals surface area contributed by atoms with Crippen molar-refractivity contribution < 1.29 is 14.6 Å². The molecule has 2 atom stereocenters. The molecular formula is C10H14FNO2. The van der Waals surface area contributed by atoms with Crippen molar-refractivity contribution >= 4 is 0 Å². The van der Waals surface area contributed by atoms with Crippen molar-refractivity contribution in [2.75, 3.05) is 0 Å². The summed E-state index contributed by atoms with van der Waals surface area (Å²) in [6.07, 6.45) is -0.310. The Kier molecular flexibility index (Phi) is 3.43. The van der Waals surface area contributed by atoms with Crippen LogP contribution in [-0.4, -0.2) is 16.3 Å². The van der Waals surface area contributed by atoms with E-state index >= 15 is 0 Å². The van der Waals surface area contributed by atoms with E-state index in [-0.39, 0.29) is 11.3 Å². The van der Waals surface area contributed by atoms with Gasteiger partial charge in [-0.2, -0.15) is 0 Å². The maximum absolute atomic E-state index is 13.2. The second-order valence-corrected chi connectivity index (χ2v) is 3.21. The number of nitrogens with two attached hydrogens (primary N) is 1. The molecule has 4 N–H and O–H groups in total. The third-order valence-corrected chi connectivity index (χ3v) is 2.18. The van der Waals surface area contributed by atoms with Gasteiger partial charge in [0.05, 0.1) is 12.1 Å². The van der Waals surface area contributed by atoms with Crippen molar-refractivity contribution in [3.8, 4) is 5.75 Å².